The largest absolute Gasteiger partial charge is 0.469 e. The maximum absolute atomic E-state index is 13.3. The molecule has 0 atom stereocenters. The summed E-state index contributed by atoms with van der Waals surface area (Å²) in [4.78, 5) is 26.7. The van der Waals surface area contributed by atoms with E-state index in [1.807, 2.05) is 36.4 Å². The Labute approximate surface area is 194 Å². The number of ether oxygens (including phenoxy) is 1. The van der Waals surface area contributed by atoms with Crippen molar-refractivity contribution >= 4 is 21.9 Å². The van der Waals surface area contributed by atoms with E-state index in [2.05, 4.69) is 0 Å². The molecule has 2 aromatic carbocycles. The average Bonchev–Trinajstić information content (AvgIpc) is 2.86. The molecule has 1 fully saturated rings. The summed E-state index contributed by atoms with van der Waals surface area (Å²) in [5.74, 6) is -0.791. The number of carbonyl (C=O) groups excluding carboxylic acids is 2. The third-order valence-electron chi connectivity index (χ3n) is 5.77. The van der Waals surface area contributed by atoms with Crippen LogP contribution in [0.25, 0.3) is 0 Å². The van der Waals surface area contributed by atoms with E-state index in [1.165, 1.54) is 35.7 Å². The van der Waals surface area contributed by atoms with Crippen molar-refractivity contribution in [2.45, 2.75) is 30.7 Å². The van der Waals surface area contributed by atoms with Gasteiger partial charge in [0.2, 0.25) is 15.9 Å². The maximum Gasteiger partial charge on any atom is 0.307 e. The summed E-state index contributed by atoms with van der Waals surface area (Å²) in [5.41, 5.74) is 1.35. The quantitative estimate of drug-likeness (QED) is 0.550. The summed E-state index contributed by atoms with van der Waals surface area (Å²) >= 11 is 0. The lowest BCUT2D eigenvalue weighted by Gasteiger charge is -2.33. The molecule has 0 spiro atoms. The molecule has 1 amide bonds. The molecular formula is C24H27N3O5S. The van der Waals surface area contributed by atoms with Gasteiger partial charge in [-0.2, -0.15) is 9.57 Å². The number of amides is 1. The van der Waals surface area contributed by atoms with Gasteiger partial charge in [0, 0.05) is 32.1 Å². The summed E-state index contributed by atoms with van der Waals surface area (Å²) < 4.78 is 32.0. The van der Waals surface area contributed by atoms with Crippen LogP contribution in [0.15, 0.2) is 59.5 Å². The van der Waals surface area contributed by atoms with Crippen molar-refractivity contribution in [2.24, 2.45) is 5.92 Å². The summed E-state index contributed by atoms with van der Waals surface area (Å²) in [5, 5.41) is 8.91. The van der Waals surface area contributed by atoms with Gasteiger partial charge < -0.3 is 9.64 Å². The van der Waals surface area contributed by atoms with E-state index in [9.17, 15) is 18.0 Å². The van der Waals surface area contributed by atoms with Crippen LogP contribution in [-0.4, -0.2) is 56.2 Å². The summed E-state index contributed by atoms with van der Waals surface area (Å²) in [6.07, 6.45) is 0.900. The fourth-order valence-corrected chi connectivity index (χ4v) is 5.32. The van der Waals surface area contributed by atoms with Crippen molar-refractivity contribution in [1.82, 2.24) is 9.21 Å². The highest BCUT2D eigenvalue weighted by atomic mass is 32.2. The van der Waals surface area contributed by atoms with Gasteiger partial charge in [-0.15, -0.1) is 0 Å². The first-order valence-corrected chi connectivity index (χ1v) is 12.2. The van der Waals surface area contributed by atoms with E-state index in [0.29, 0.717) is 24.9 Å². The third-order valence-corrected chi connectivity index (χ3v) is 7.68. The Bertz CT molecular complexity index is 1100. The number of benzene rings is 2. The number of rotatable bonds is 8. The highest BCUT2D eigenvalue weighted by Gasteiger charge is 2.34. The minimum absolute atomic E-state index is 0.0850. The molecular weight excluding hydrogens is 442 g/mol. The average molecular weight is 470 g/mol. The zero-order valence-electron chi connectivity index (χ0n) is 18.5. The first-order valence-electron chi connectivity index (χ1n) is 10.7. The number of sulfonamides is 1. The topological polar surface area (TPSA) is 108 Å². The van der Waals surface area contributed by atoms with E-state index in [0.717, 1.165) is 5.56 Å². The molecule has 1 heterocycles. The van der Waals surface area contributed by atoms with E-state index in [4.69, 9.17) is 10.00 Å². The van der Waals surface area contributed by atoms with Gasteiger partial charge in [-0.1, -0.05) is 30.3 Å². The second-order valence-electron chi connectivity index (χ2n) is 7.89. The molecule has 0 N–H and O–H groups in total. The monoisotopic (exact) mass is 469 g/mol. The van der Waals surface area contributed by atoms with Crippen molar-refractivity contribution in [2.75, 3.05) is 26.7 Å². The van der Waals surface area contributed by atoms with Crippen molar-refractivity contribution in [3.8, 4) is 6.07 Å². The van der Waals surface area contributed by atoms with Crippen molar-refractivity contribution in [3.05, 3.63) is 65.7 Å². The second kappa shape index (κ2) is 11.1. The molecule has 174 valence electrons. The second-order valence-corrected chi connectivity index (χ2v) is 9.82. The Balaban J connectivity index is 1.66. The first kappa shape index (κ1) is 24.4. The van der Waals surface area contributed by atoms with Crippen LogP contribution >= 0.6 is 0 Å². The van der Waals surface area contributed by atoms with Crippen LogP contribution in [0.2, 0.25) is 0 Å². The van der Waals surface area contributed by atoms with Crippen LogP contribution < -0.4 is 0 Å². The first-order chi connectivity index (χ1) is 15.8. The van der Waals surface area contributed by atoms with Crippen LogP contribution in [-0.2, 0) is 30.9 Å². The minimum Gasteiger partial charge on any atom is -0.469 e. The van der Waals surface area contributed by atoms with E-state index < -0.39 is 10.0 Å². The Morgan fingerprint density at radius 2 is 1.73 bits per heavy atom. The number of carbonyl (C=O) groups is 2. The maximum atomic E-state index is 13.3. The van der Waals surface area contributed by atoms with Gasteiger partial charge in [-0.05, 0) is 42.7 Å². The van der Waals surface area contributed by atoms with Crippen LogP contribution in [0.3, 0.4) is 0 Å². The van der Waals surface area contributed by atoms with Crippen LogP contribution in [0.1, 0.15) is 30.4 Å². The van der Waals surface area contributed by atoms with E-state index in [1.54, 1.807) is 4.90 Å². The molecule has 0 aromatic heterocycles. The van der Waals surface area contributed by atoms with Gasteiger partial charge in [0.15, 0.2) is 0 Å². The molecule has 1 saturated heterocycles. The zero-order valence-corrected chi connectivity index (χ0v) is 19.3. The van der Waals surface area contributed by atoms with Gasteiger partial charge in [-0.25, -0.2) is 8.42 Å². The fraction of sp³-hybridized carbons (Fsp3) is 0.375. The molecule has 1 aliphatic rings. The number of piperidine rings is 1. The zero-order chi connectivity index (χ0) is 23.8. The lowest BCUT2D eigenvalue weighted by atomic mass is 9.96. The molecule has 0 saturated carbocycles. The lowest BCUT2D eigenvalue weighted by Crippen LogP contribution is -2.44. The SMILES string of the molecule is COC(=O)CCN(Cc1ccccc1)C(=O)C1CCN(S(=O)(=O)c2ccc(C#N)cc2)CC1. The van der Waals surface area contributed by atoms with Crippen LogP contribution in [0.4, 0.5) is 0 Å². The highest BCUT2D eigenvalue weighted by Crippen LogP contribution is 2.26. The molecule has 0 radical (unpaired) electrons. The molecule has 1 aliphatic heterocycles. The predicted molar refractivity (Wildman–Crippen MR) is 121 cm³/mol. The molecule has 0 aliphatic carbocycles. The van der Waals surface area contributed by atoms with Crippen LogP contribution in [0, 0.1) is 17.2 Å². The Morgan fingerprint density at radius 1 is 1.09 bits per heavy atom. The highest BCUT2D eigenvalue weighted by molar-refractivity contribution is 7.89. The van der Waals surface area contributed by atoms with E-state index in [-0.39, 0.29) is 48.7 Å². The molecule has 33 heavy (non-hydrogen) atoms. The van der Waals surface area contributed by atoms with Gasteiger partial charge >= 0.3 is 5.97 Å². The number of nitrogens with zero attached hydrogens (tertiary/aromatic N) is 3. The molecule has 8 nitrogen and oxygen atoms in total. The number of hydrogen-bond acceptors (Lipinski definition) is 6. The Hall–Kier alpha value is -3.22. The number of nitriles is 1. The van der Waals surface area contributed by atoms with Crippen molar-refractivity contribution in [3.63, 3.8) is 0 Å². The van der Waals surface area contributed by atoms with Gasteiger partial charge in [0.25, 0.3) is 0 Å². The predicted octanol–water partition coefficient (Wildman–Crippen LogP) is 2.55. The van der Waals surface area contributed by atoms with Crippen molar-refractivity contribution in [1.29, 1.82) is 5.26 Å². The van der Waals surface area contributed by atoms with Crippen LogP contribution in [0.5, 0.6) is 0 Å². The third kappa shape index (κ3) is 6.18. The Kier molecular flexibility index (Phi) is 8.20. The van der Waals surface area contributed by atoms with Gasteiger partial charge in [0.05, 0.1) is 30.1 Å². The van der Waals surface area contributed by atoms with Gasteiger partial charge in [-0.3, -0.25) is 9.59 Å². The van der Waals surface area contributed by atoms with Gasteiger partial charge in [0.1, 0.15) is 0 Å². The normalized spacial score (nSPS) is 14.9. The smallest absolute Gasteiger partial charge is 0.307 e. The molecule has 9 heteroatoms. The molecule has 0 bridgehead atoms. The Morgan fingerprint density at radius 3 is 2.30 bits per heavy atom. The molecule has 3 rings (SSSR count). The van der Waals surface area contributed by atoms with Crippen molar-refractivity contribution < 1.29 is 22.7 Å². The lowest BCUT2D eigenvalue weighted by molar-refractivity contribution is -0.143. The summed E-state index contributed by atoms with van der Waals surface area (Å²) in [6, 6.07) is 17.3. The summed E-state index contributed by atoms with van der Waals surface area (Å²) in [6.45, 7) is 1.08. The summed E-state index contributed by atoms with van der Waals surface area (Å²) in [7, 11) is -2.38. The minimum atomic E-state index is -3.69. The number of hydrogen-bond donors (Lipinski definition) is 0. The standard InChI is InChI=1S/C24H27N3O5S/c1-32-23(28)13-14-26(18-20-5-3-2-4-6-20)24(29)21-11-15-27(16-12-21)33(30,31)22-9-7-19(17-25)8-10-22/h2-10,21H,11-16,18H2,1H3. The number of esters is 1. The van der Waals surface area contributed by atoms with E-state index >= 15 is 0 Å². The molecule has 0 unspecified atom stereocenters. The molecule has 2 aromatic rings. The number of methoxy groups -OCH3 is 1. The fourth-order valence-electron chi connectivity index (χ4n) is 3.85.